The van der Waals surface area contributed by atoms with Crippen LogP contribution in [-0.4, -0.2) is 0 Å². The Bertz CT molecular complexity index is 1940. The fourth-order valence-corrected chi connectivity index (χ4v) is 7.77. The summed E-state index contributed by atoms with van der Waals surface area (Å²) in [6, 6.07) is 30.1. The van der Waals surface area contributed by atoms with E-state index in [1.807, 2.05) is 0 Å². The predicted octanol–water partition coefficient (Wildman–Crippen LogP) is 12.2. The van der Waals surface area contributed by atoms with Crippen molar-refractivity contribution in [1.82, 2.24) is 0 Å². The summed E-state index contributed by atoms with van der Waals surface area (Å²) in [4.78, 5) is 0. The van der Waals surface area contributed by atoms with Crippen LogP contribution in [0.5, 0.6) is 0 Å². The molecule has 0 N–H and O–H groups in total. The van der Waals surface area contributed by atoms with Gasteiger partial charge in [-0.2, -0.15) is 0 Å². The minimum absolute atomic E-state index is 0.00347. The molecule has 0 unspecified atom stereocenters. The number of hydrogen-bond acceptors (Lipinski definition) is 0. The SMILES string of the molecule is CCCCC(CCCC)=c1c(-c2ccccc2)c(C(C)(C)C)cc2c1=C(C1=CC=CC1)c1cc(-c3ccccc3)c(C(C)(C)C)cc1-2. The largest absolute Gasteiger partial charge is 0.0801 e. The zero-order valence-corrected chi connectivity index (χ0v) is 30.2. The lowest BCUT2D eigenvalue weighted by atomic mass is 9.77. The lowest BCUT2D eigenvalue weighted by Crippen LogP contribution is -2.35. The third-order valence-corrected chi connectivity index (χ3v) is 10.2. The summed E-state index contributed by atoms with van der Waals surface area (Å²) in [5.74, 6) is 0. The van der Waals surface area contributed by atoms with Gasteiger partial charge in [0.15, 0.2) is 0 Å². The average molecular weight is 619 g/mol. The Labute approximate surface area is 284 Å². The van der Waals surface area contributed by atoms with Crippen molar-refractivity contribution in [3.8, 4) is 33.4 Å². The van der Waals surface area contributed by atoms with E-state index in [0.717, 1.165) is 19.3 Å². The van der Waals surface area contributed by atoms with E-state index in [1.165, 1.54) is 97.3 Å². The van der Waals surface area contributed by atoms with Gasteiger partial charge in [-0.15, -0.1) is 0 Å². The highest BCUT2D eigenvalue weighted by Crippen LogP contribution is 2.46. The Kier molecular flexibility index (Phi) is 9.35. The van der Waals surface area contributed by atoms with E-state index in [1.54, 1.807) is 5.57 Å². The second kappa shape index (κ2) is 13.3. The first-order valence-electron chi connectivity index (χ1n) is 18.1. The first kappa shape index (κ1) is 33.0. The molecule has 0 saturated carbocycles. The minimum Gasteiger partial charge on any atom is -0.0801 e. The highest BCUT2D eigenvalue weighted by molar-refractivity contribution is 6.00. The summed E-state index contributed by atoms with van der Waals surface area (Å²) in [5.41, 5.74) is 17.1. The standard InChI is InChI=1S/C47H54/c1-9-11-21-35(22-12-10-2)44-43(34-25-17-14-18-26-34)41(47(6,7)8)31-39-37-30-40(46(3,4)5)36(32-23-15-13-16-24-32)29-38(37)42(45(39)44)33-27-19-20-28-33/h13-20,23-27,29-31H,9-12,21-22,28H2,1-8H3. The fourth-order valence-electron chi connectivity index (χ4n) is 7.77. The maximum Gasteiger partial charge on any atom is -0.00175 e. The fraction of sp³-hybridized carbons (Fsp3) is 0.362. The third-order valence-electron chi connectivity index (χ3n) is 10.2. The van der Waals surface area contributed by atoms with Crippen molar-refractivity contribution in [1.29, 1.82) is 0 Å². The quantitative estimate of drug-likeness (QED) is 0.175. The molecule has 6 rings (SSSR count). The van der Waals surface area contributed by atoms with Crippen LogP contribution in [0.1, 0.15) is 117 Å². The topological polar surface area (TPSA) is 0 Å². The Hall–Kier alpha value is -3.90. The molecule has 0 bridgehead atoms. The number of unbranched alkanes of at least 4 members (excludes halogenated alkanes) is 2. The number of allylic oxidation sites excluding steroid dienone is 4. The molecule has 4 aromatic rings. The molecular formula is C47H54. The van der Waals surface area contributed by atoms with Gasteiger partial charge in [0.25, 0.3) is 0 Å². The van der Waals surface area contributed by atoms with Crippen LogP contribution in [0.2, 0.25) is 0 Å². The van der Waals surface area contributed by atoms with Crippen LogP contribution < -0.4 is 10.4 Å². The molecule has 0 spiro atoms. The van der Waals surface area contributed by atoms with Crippen molar-refractivity contribution < 1.29 is 0 Å². The first-order chi connectivity index (χ1) is 22.5. The zero-order valence-electron chi connectivity index (χ0n) is 30.2. The van der Waals surface area contributed by atoms with Crippen LogP contribution in [-0.2, 0) is 10.8 Å². The van der Waals surface area contributed by atoms with E-state index in [4.69, 9.17) is 0 Å². The van der Waals surface area contributed by atoms with Crippen LogP contribution in [0, 0.1) is 0 Å². The Morgan fingerprint density at radius 2 is 1.19 bits per heavy atom. The van der Waals surface area contributed by atoms with Gasteiger partial charge in [0.1, 0.15) is 0 Å². The van der Waals surface area contributed by atoms with E-state index in [-0.39, 0.29) is 10.8 Å². The molecule has 0 radical (unpaired) electrons. The zero-order chi connectivity index (χ0) is 33.3. The summed E-state index contributed by atoms with van der Waals surface area (Å²) in [6.45, 7) is 19.0. The van der Waals surface area contributed by atoms with Gasteiger partial charge >= 0.3 is 0 Å². The number of rotatable bonds is 9. The van der Waals surface area contributed by atoms with Crippen LogP contribution in [0.25, 0.3) is 44.5 Å². The van der Waals surface area contributed by atoms with Crippen LogP contribution in [0.3, 0.4) is 0 Å². The van der Waals surface area contributed by atoms with Crippen LogP contribution in [0.15, 0.2) is 103 Å². The molecule has 0 heteroatoms. The lowest BCUT2D eigenvalue weighted by molar-refractivity contribution is 0.590. The van der Waals surface area contributed by atoms with Gasteiger partial charge in [-0.25, -0.2) is 0 Å². The second-order valence-corrected chi connectivity index (χ2v) is 15.8. The molecule has 47 heavy (non-hydrogen) atoms. The average Bonchev–Trinajstić information content (AvgIpc) is 3.69. The van der Waals surface area contributed by atoms with Crippen molar-refractivity contribution in [2.75, 3.05) is 0 Å². The van der Waals surface area contributed by atoms with Gasteiger partial charge in [0, 0.05) is 0 Å². The monoisotopic (exact) mass is 618 g/mol. The third kappa shape index (κ3) is 6.37. The number of hydrogen-bond donors (Lipinski definition) is 0. The van der Waals surface area contributed by atoms with Crippen molar-refractivity contribution >= 4 is 11.1 Å². The van der Waals surface area contributed by atoms with Crippen molar-refractivity contribution in [3.05, 3.63) is 130 Å². The van der Waals surface area contributed by atoms with Gasteiger partial charge in [-0.3, -0.25) is 0 Å². The number of benzene rings is 4. The maximum atomic E-state index is 2.60. The second-order valence-electron chi connectivity index (χ2n) is 15.8. The van der Waals surface area contributed by atoms with Gasteiger partial charge in [0.05, 0.1) is 0 Å². The maximum absolute atomic E-state index is 2.60. The molecule has 0 amide bonds. The van der Waals surface area contributed by atoms with Crippen molar-refractivity contribution in [2.24, 2.45) is 0 Å². The first-order valence-corrected chi connectivity index (χ1v) is 18.1. The van der Waals surface area contributed by atoms with E-state index in [2.05, 4.69) is 152 Å². The highest BCUT2D eigenvalue weighted by Gasteiger charge is 2.32. The van der Waals surface area contributed by atoms with Gasteiger partial charge in [-0.1, -0.05) is 153 Å². The van der Waals surface area contributed by atoms with Gasteiger partial charge < -0.3 is 0 Å². The smallest absolute Gasteiger partial charge is 0.00175 e. The molecular weight excluding hydrogens is 565 g/mol. The summed E-state index contributed by atoms with van der Waals surface area (Å²) >= 11 is 0. The molecule has 0 saturated heterocycles. The summed E-state index contributed by atoms with van der Waals surface area (Å²) in [5, 5.41) is 3.01. The van der Waals surface area contributed by atoms with E-state index in [0.29, 0.717) is 0 Å². The molecule has 242 valence electrons. The van der Waals surface area contributed by atoms with E-state index < -0.39 is 0 Å². The predicted molar refractivity (Wildman–Crippen MR) is 206 cm³/mol. The van der Waals surface area contributed by atoms with Gasteiger partial charge in [-0.05, 0) is 133 Å². The Morgan fingerprint density at radius 3 is 1.72 bits per heavy atom. The summed E-state index contributed by atoms with van der Waals surface area (Å²) in [7, 11) is 0. The molecule has 0 nitrogen and oxygen atoms in total. The lowest BCUT2D eigenvalue weighted by Gasteiger charge is -2.27. The van der Waals surface area contributed by atoms with Crippen molar-refractivity contribution in [3.63, 3.8) is 0 Å². The van der Waals surface area contributed by atoms with E-state index in [9.17, 15) is 0 Å². The molecule has 0 atom stereocenters. The Balaban J connectivity index is 1.88. The molecule has 0 aromatic heterocycles. The van der Waals surface area contributed by atoms with Crippen molar-refractivity contribution in [2.45, 2.75) is 111 Å². The van der Waals surface area contributed by atoms with Gasteiger partial charge in [0.2, 0.25) is 0 Å². The molecule has 0 aliphatic heterocycles. The Morgan fingerprint density at radius 1 is 0.617 bits per heavy atom. The molecule has 4 aromatic carbocycles. The molecule has 2 aliphatic rings. The van der Waals surface area contributed by atoms with Crippen LogP contribution >= 0.6 is 0 Å². The van der Waals surface area contributed by atoms with Crippen LogP contribution in [0.4, 0.5) is 0 Å². The summed E-state index contributed by atoms with van der Waals surface area (Å²) < 4.78 is 0. The summed E-state index contributed by atoms with van der Waals surface area (Å²) in [6.07, 6.45) is 15.1. The normalized spacial score (nSPS) is 14.0. The minimum atomic E-state index is -0.0243. The molecule has 0 heterocycles. The highest BCUT2D eigenvalue weighted by atomic mass is 14.4. The number of fused-ring (bicyclic) bond motifs is 3. The molecule has 0 fully saturated rings. The molecule has 2 aliphatic carbocycles. The van der Waals surface area contributed by atoms with E-state index >= 15 is 0 Å².